The summed E-state index contributed by atoms with van der Waals surface area (Å²) in [6.07, 6.45) is 3.32. The van der Waals surface area contributed by atoms with Gasteiger partial charge in [0, 0.05) is 36.5 Å². The van der Waals surface area contributed by atoms with Crippen molar-refractivity contribution in [1.29, 1.82) is 0 Å². The molecule has 0 saturated carbocycles. The molecular weight excluding hydrogens is 416 g/mol. The summed E-state index contributed by atoms with van der Waals surface area (Å²) < 4.78 is 0. The molecular formula is C26H30N4OS. The fraction of sp³-hybridized carbons (Fsp3) is 0.346. The van der Waals surface area contributed by atoms with Gasteiger partial charge in [0.25, 0.3) is 0 Å². The van der Waals surface area contributed by atoms with E-state index in [-0.39, 0.29) is 11.8 Å². The first-order valence-corrected chi connectivity index (χ1v) is 11.9. The molecule has 0 atom stereocenters. The highest BCUT2D eigenvalue weighted by Gasteiger charge is 2.25. The van der Waals surface area contributed by atoms with E-state index in [1.807, 2.05) is 0 Å². The van der Waals surface area contributed by atoms with Crippen molar-refractivity contribution in [2.45, 2.75) is 50.1 Å². The molecule has 2 aromatic carbocycles. The molecule has 2 heterocycles. The van der Waals surface area contributed by atoms with E-state index in [9.17, 15) is 4.79 Å². The number of amides is 1. The smallest absolute Gasteiger partial charge is 0.223 e. The molecule has 1 aromatic heterocycles. The normalized spacial score (nSPS) is 14.4. The van der Waals surface area contributed by atoms with E-state index >= 15 is 0 Å². The molecule has 1 aliphatic rings. The average Bonchev–Trinajstić information content (AvgIpc) is 2.81. The minimum absolute atomic E-state index is 0.0577. The molecule has 0 spiro atoms. The van der Waals surface area contributed by atoms with Gasteiger partial charge in [-0.25, -0.2) is 9.97 Å². The topological polar surface area (TPSA) is 58.1 Å². The number of anilines is 1. The van der Waals surface area contributed by atoms with Crippen LogP contribution in [0.4, 0.5) is 5.82 Å². The van der Waals surface area contributed by atoms with Crippen LogP contribution in [0.15, 0.2) is 64.8 Å². The predicted molar refractivity (Wildman–Crippen MR) is 130 cm³/mol. The van der Waals surface area contributed by atoms with Crippen LogP contribution in [-0.4, -0.2) is 29.0 Å². The number of aryl methyl sites for hydroxylation is 3. The Labute approximate surface area is 194 Å². The number of nitrogens with one attached hydrogen (secondary N) is 1. The highest BCUT2D eigenvalue weighted by molar-refractivity contribution is 7.99. The molecule has 0 bridgehead atoms. The summed E-state index contributed by atoms with van der Waals surface area (Å²) in [6.45, 7) is 8.54. The summed E-state index contributed by atoms with van der Waals surface area (Å²) in [5.74, 6) is 1.15. The fourth-order valence-corrected chi connectivity index (χ4v) is 4.86. The molecule has 3 aromatic rings. The van der Waals surface area contributed by atoms with Gasteiger partial charge in [-0.3, -0.25) is 4.79 Å². The molecule has 0 unspecified atom stereocenters. The molecule has 1 saturated heterocycles. The van der Waals surface area contributed by atoms with Crippen LogP contribution in [0.3, 0.4) is 0 Å². The molecule has 1 N–H and O–H groups in total. The van der Waals surface area contributed by atoms with Crippen molar-refractivity contribution in [3.63, 3.8) is 0 Å². The Morgan fingerprint density at radius 3 is 2.47 bits per heavy atom. The summed E-state index contributed by atoms with van der Waals surface area (Å²) in [4.78, 5) is 25.1. The number of nitrogens with zero attached hydrogens (tertiary/aromatic N) is 3. The number of carbonyl (C=O) groups excluding carboxylic acids is 1. The van der Waals surface area contributed by atoms with Gasteiger partial charge in [-0.2, -0.15) is 0 Å². The Bertz CT molecular complexity index is 1080. The van der Waals surface area contributed by atoms with E-state index in [1.54, 1.807) is 18.1 Å². The van der Waals surface area contributed by atoms with Crippen molar-refractivity contribution in [3.8, 4) is 0 Å². The minimum Gasteiger partial charge on any atom is -0.356 e. The average molecular weight is 447 g/mol. The largest absolute Gasteiger partial charge is 0.356 e. The van der Waals surface area contributed by atoms with Gasteiger partial charge in [0.15, 0.2) is 0 Å². The first kappa shape index (κ1) is 22.3. The second-order valence-electron chi connectivity index (χ2n) is 8.55. The maximum absolute atomic E-state index is 12.6. The number of aromatic nitrogens is 2. The molecule has 1 amide bonds. The molecule has 0 radical (unpaired) electrons. The van der Waals surface area contributed by atoms with Gasteiger partial charge >= 0.3 is 0 Å². The van der Waals surface area contributed by atoms with Crippen LogP contribution in [0, 0.1) is 26.7 Å². The van der Waals surface area contributed by atoms with Crippen LogP contribution in [-0.2, 0) is 11.3 Å². The van der Waals surface area contributed by atoms with Gasteiger partial charge in [-0.15, -0.1) is 0 Å². The lowest BCUT2D eigenvalue weighted by Crippen LogP contribution is -2.40. The Kier molecular flexibility index (Phi) is 7.10. The maximum atomic E-state index is 12.6. The summed E-state index contributed by atoms with van der Waals surface area (Å²) >= 11 is 1.68. The summed E-state index contributed by atoms with van der Waals surface area (Å²) in [7, 11) is 0. The Morgan fingerprint density at radius 1 is 1.00 bits per heavy atom. The number of rotatable bonds is 6. The Morgan fingerprint density at radius 2 is 1.72 bits per heavy atom. The number of benzene rings is 2. The third-order valence-electron chi connectivity index (χ3n) is 5.96. The van der Waals surface area contributed by atoms with Gasteiger partial charge in [0.05, 0.1) is 0 Å². The van der Waals surface area contributed by atoms with Crippen molar-refractivity contribution in [2.75, 3.05) is 18.0 Å². The lowest BCUT2D eigenvalue weighted by atomic mass is 9.96. The predicted octanol–water partition coefficient (Wildman–Crippen LogP) is 5.09. The Hall–Kier alpha value is -2.86. The number of hydrogen-bond donors (Lipinski definition) is 1. The van der Waals surface area contributed by atoms with Crippen molar-refractivity contribution in [3.05, 3.63) is 77.1 Å². The van der Waals surface area contributed by atoms with Crippen molar-refractivity contribution >= 4 is 23.5 Å². The Balaban J connectivity index is 1.32. The number of carbonyl (C=O) groups is 1. The summed E-state index contributed by atoms with van der Waals surface area (Å²) in [5.41, 5.74) is 4.86. The van der Waals surface area contributed by atoms with E-state index in [0.29, 0.717) is 6.54 Å². The maximum Gasteiger partial charge on any atom is 0.223 e. The zero-order valence-corrected chi connectivity index (χ0v) is 19.8. The number of piperidine rings is 1. The molecule has 32 heavy (non-hydrogen) atoms. The molecule has 0 aliphatic carbocycles. The minimum atomic E-state index is 0.0577. The first-order chi connectivity index (χ1) is 15.5. The highest BCUT2D eigenvalue weighted by atomic mass is 32.2. The van der Waals surface area contributed by atoms with E-state index in [4.69, 9.17) is 0 Å². The number of hydrogen-bond acceptors (Lipinski definition) is 5. The molecule has 5 nitrogen and oxygen atoms in total. The third kappa shape index (κ3) is 5.68. The van der Waals surface area contributed by atoms with Gasteiger partial charge in [-0.1, -0.05) is 53.7 Å². The fourth-order valence-electron chi connectivity index (χ4n) is 3.90. The monoisotopic (exact) mass is 446 g/mol. The van der Waals surface area contributed by atoms with Gasteiger partial charge in [-0.05, 0) is 56.4 Å². The van der Waals surface area contributed by atoms with Crippen LogP contribution in [0.2, 0.25) is 0 Å². The van der Waals surface area contributed by atoms with Crippen molar-refractivity contribution < 1.29 is 4.79 Å². The quantitative estimate of drug-likeness (QED) is 0.535. The lowest BCUT2D eigenvalue weighted by molar-refractivity contribution is -0.125. The molecule has 1 aliphatic heterocycles. The SMILES string of the molecule is Cc1ccc(CNC(=O)C2CCN(c3cc(Sc4cc(C)ccc4C)ncn3)CC2)cc1. The standard InChI is InChI=1S/C26H30N4OS/c1-18-5-8-21(9-6-18)16-27-26(31)22-10-12-30(13-11-22)24-15-25(29-17-28-24)32-23-14-19(2)4-7-20(23)3/h4-9,14-15,17,22H,10-13,16H2,1-3H3,(H,27,31). The van der Waals surface area contributed by atoms with E-state index in [2.05, 4.69) is 89.5 Å². The van der Waals surface area contributed by atoms with Crippen molar-refractivity contribution in [2.24, 2.45) is 5.92 Å². The molecule has 166 valence electrons. The molecule has 4 rings (SSSR count). The molecule has 6 heteroatoms. The zero-order chi connectivity index (χ0) is 22.5. The first-order valence-electron chi connectivity index (χ1n) is 11.1. The van der Waals surface area contributed by atoms with E-state index in [0.717, 1.165) is 42.3 Å². The van der Waals surface area contributed by atoms with E-state index in [1.165, 1.54) is 21.6 Å². The van der Waals surface area contributed by atoms with Crippen LogP contribution >= 0.6 is 11.8 Å². The summed E-state index contributed by atoms with van der Waals surface area (Å²) in [5, 5.41) is 4.05. The van der Waals surface area contributed by atoms with E-state index < -0.39 is 0 Å². The van der Waals surface area contributed by atoms with Crippen LogP contribution < -0.4 is 10.2 Å². The van der Waals surface area contributed by atoms with Crippen molar-refractivity contribution in [1.82, 2.24) is 15.3 Å². The van der Waals surface area contributed by atoms with Crippen LogP contribution in [0.1, 0.15) is 35.1 Å². The third-order valence-corrected chi connectivity index (χ3v) is 7.05. The van der Waals surface area contributed by atoms with Gasteiger partial charge in [0.1, 0.15) is 17.2 Å². The van der Waals surface area contributed by atoms with Crippen LogP contribution in [0.25, 0.3) is 0 Å². The van der Waals surface area contributed by atoms with Gasteiger partial charge < -0.3 is 10.2 Å². The molecule has 1 fully saturated rings. The van der Waals surface area contributed by atoms with Gasteiger partial charge in [0.2, 0.25) is 5.91 Å². The second kappa shape index (κ2) is 10.2. The highest BCUT2D eigenvalue weighted by Crippen LogP contribution is 2.31. The summed E-state index contributed by atoms with van der Waals surface area (Å²) in [6, 6.07) is 16.8. The van der Waals surface area contributed by atoms with Crippen LogP contribution in [0.5, 0.6) is 0 Å². The second-order valence-corrected chi connectivity index (χ2v) is 9.61. The lowest BCUT2D eigenvalue weighted by Gasteiger charge is -2.32. The zero-order valence-electron chi connectivity index (χ0n) is 19.0.